The van der Waals surface area contributed by atoms with Gasteiger partial charge in [-0.15, -0.1) is 0 Å². The molecule has 5 aromatic rings. The number of aryl methyl sites for hydroxylation is 1. The number of nitrogens with zero attached hydrogens (tertiary/aromatic N) is 4. The molecule has 3 aromatic heterocycles. The van der Waals surface area contributed by atoms with Crippen LogP contribution in [0.3, 0.4) is 0 Å². The lowest BCUT2D eigenvalue weighted by molar-refractivity contribution is 0.385. The molecule has 0 bridgehead atoms. The van der Waals surface area contributed by atoms with Crippen molar-refractivity contribution in [3.05, 3.63) is 94.3 Å². The summed E-state index contributed by atoms with van der Waals surface area (Å²) in [6.45, 7) is 1.85. The first-order valence-corrected chi connectivity index (χ1v) is 12.5. The SMILES string of the molecule is Cc1ccc(S(=O)(=O)Oc2c(-c3noc(Cc4ccc(F)cc4)n3)ncc3ccc(Br)nc23)cc1. The van der Waals surface area contributed by atoms with Crippen molar-refractivity contribution < 1.29 is 21.5 Å². The smallest absolute Gasteiger partial charge is 0.339 e. The fraction of sp³-hybridized carbons (Fsp3) is 0.0833. The molecule has 0 saturated carbocycles. The minimum atomic E-state index is -4.23. The molecule has 0 radical (unpaired) electrons. The van der Waals surface area contributed by atoms with Gasteiger partial charge in [0.25, 0.3) is 0 Å². The molecule has 0 aliphatic rings. The predicted octanol–water partition coefficient (Wildman–Crippen LogP) is 5.25. The highest BCUT2D eigenvalue weighted by molar-refractivity contribution is 9.10. The third-order valence-electron chi connectivity index (χ3n) is 5.11. The summed E-state index contributed by atoms with van der Waals surface area (Å²) < 4.78 is 50.8. The number of benzene rings is 2. The monoisotopic (exact) mass is 554 g/mol. The van der Waals surface area contributed by atoms with Gasteiger partial charge < -0.3 is 8.71 Å². The van der Waals surface area contributed by atoms with Crippen LogP contribution in [0.5, 0.6) is 5.75 Å². The molecule has 0 spiro atoms. The Labute approximate surface area is 208 Å². The van der Waals surface area contributed by atoms with E-state index in [9.17, 15) is 12.8 Å². The van der Waals surface area contributed by atoms with E-state index in [-0.39, 0.29) is 45.8 Å². The quantitative estimate of drug-likeness (QED) is 0.207. The molecular weight excluding hydrogens is 539 g/mol. The van der Waals surface area contributed by atoms with E-state index < -0.39 is 10.1 Å². The van der Waals surface area contributed by atoms with Gasteiger partial charge in [0.2, 0.25) is 11.7 Å². The second kappa shape index (κ2) is 9.16. The third-order valence-corrected chi connectivity index (χ3v) is 6.78. The summed E-state index contributed by atoms with van der Waals surface area (Å²) in [6.07, 6.45) is 1.77. The highest BCUT2D eigenvalue weighted by Gasteiger charge is 2.25. The lowest BCUT2D eigenvalue weighted by Gasteiger charge is -2.12. The molecule has 0 amide bonds. The molecule has 2 aromatic carbocycles. The summed E-state index contributed by atoms with van der Waals surface area (Å²) in [6, 6.07) is 15.6. The first kappa shape index (κ1) is 23.1. The van der Waals surface area contributed by atoms with Gasteiger partial charge in [0, 0.05) is 11.6 Å². The van der Waals surface area contributed by atoms with E-state index in [1.807, 2.05) is 6.92 Å². The van der Waals surface area contributed by atoms with Crippen LogP contribution in [-0.2, 0) is 16.5 Å². The number of aromatic nitrogens is 4. The summed E-state index contributed by atoms with van der Waals surface area (Å²) in [5.41, 5.74) is 1.97. The number of fused-ring (bicyclic) bond motifs is 1. The minimum Gasteiger partial charge on any atom is -0.374 e. The van der Waals surface area contributed by atoms with E-state index in [1.165, 1.54) is 30.5 Å². The number of hydrogen-bond donors (Lipinski definition) is 0. The van der Waals surface area contributed by atoms with Crippen LogP contribution in [0.25, 0.3) is 22.4 Å². The molecule has 0 atom stereocenters. The van der Waals surface area contributed by atoms with Crippen molar-refractivity contribution in [2.24, 2.45) is 0 Å². The summed E-state index contributed by atoms with van der Waals surface area (Å²) in [5.74, 6) is -0.211. The first-order valence-electron chi connectivity index (χ1n) is 10.3. The number of halogens is 2. The number of hydrogen-bond acceptors (Lipinski definition) is 8. The van der Waals surface area contributed by atoms with E-state index in [4.69, 9.17) is 8.71 Å². The van der Waals surface area contributed by atoms with Gasteiger partial charge in [0.15, 0.2) is 11.4 Å². The van der Waals surface area contributed by atoms with Gasteiger partial charge >= 0.3 is 10.1 Å². The highest BCUT2D eigenvalue weighted by atomic mass is 79.9. The van der Waals surface area contributed by atoms with Crippen molar-refractivity contribution in [2.75, 3.05) is 0 Å². The maximum atomic E-state index is 13.2. The predicted molar refractivity (Wildman–Crippen MR) is 129 cm³/mol. The van der Waals surface area contributed by atoms with Gasteiger partial charge in [0.05, 0.1) is 6.42 Å². The third kappa shape index (κ3) is 4.91. The fourth-order valence-corrected chi connectivity index (χ4v) is 4.59. The molecule has 176 valence electrons. The van der Waals surface area contributed by atoms with Crippen molar-refractivity contribution in [1.82, 2.24) is 20.1 Å². The topological polar surface area (TPSA) is 108 Å². The van der Waals surface area contributed by atoms with Crippen LogP contribution in [-0.4, -0.2) is 28.5 Å². The van der Waals surface area contributed by atoms with Gasteiger partial charge in [-0.05, 0) is 64.8 Å². The molecular formula is C24H16BrFN4O4S. The molecule has 0 saturated heterocycles. The van der Waals surface area contributed by atoms with Crippen molar-refractivity contribution in [1.29, 1.82) is 0 Å². The Morgan fingerprint density at radius 2 is 1.74 bits per heavy atom. The van der Waals surface area contributed by atoms with Crippen molar-refractivity contribution in [3.63, 3.8) is 0 Å². The van der Waals surface area contributed by atoms with Crippen LogP contribution < -0.4 is 4.18 Å². The molecule has 0 aliphatic heterocycles. The van der Waals surface area contributed by atoms with Crippen LogP contribution >= 0.6 is 15.9 Å². The lowest BCUT2D eigenvalue weighted by atomic mass is 10.1. The average molecular weight is 555 g/mol. The summed E-state index contributed by atoms with van der Waals surface area (Å²) in [4.78, 5) is 13.1. The van der Waals surface area contributed by atoms with Crippen LogP contribution in [0.1, 0.15) is 17.0 Å². The van der Waals surface area contributed by atoms with Gasteiger partial charge in [0.1, 0.15) is 20.8 Å². The zero-order valence-corrected chi connectivity index (χ0v) is 20.5. The largest absolute Gasteiger partial charge is 0.374 e. The Morgan fingerprint density at radius 1 is 1.00 bits per heavy atom. The Hall–Kier alpha value is -3.70. The summed E-state index contributed by atoms with van der Waals surface area (Å²) >= 11 is 3.31. The van der Waals surface area contributed by atoms with Crippen LogP contribution in [0.4, 0.5) is 4.39 Å². The maximum Gasteiger partial charge on any atom is 0.339 e. The molecule has 0 unspecified atom stereocenters. The summed E-state index contributed by atoms with van der Waals surface area (Å²) in [7, 11) is -4.23. The molecule has 0 fully saturated rings. The zero-order valence-electron chi connectivity index (χ0n) is 18.1. The van der Waals surface area contributed by atoms with Gasteiger partial charge in [-0.2, -0.15) is 13.4 Å². The molecule has 5 rings (SSSR count). The molecule has 8 nitrogen and oxygen atoms in total. The standard InChI is InChI=1S/C24H16BrFN4O4S/c1-14-2-9-18(10-3-14)35(31,32)34-23-21-16(6-11-19(25)28-21)13-27-22(23)24-29-20(33-30-24)12-15-4-7-17(26)8-5-15/h2-11,13H,12H2,1H3. The maximum absolute atomic E-state index is 13.2. The Kier molecular flexibility index (Phi) is 6.03. The average Bonchev–Trinajstić information content (AvgIpc) is 3.29. The highest BCUT2D eigenvalue weighted by Crippen LogP contribution is 2.35. The first-order chi connectivity index (χ1) is 16.8. The van der Waals surface area contributed by atoms with Gasteiger partial charge in [-0.3, -0.25) is 0 Å². The molecule has 35 heavy (non-hydrogen) atoms. The molecule has 0 aliphatic carbocycles. The molecule has 3 heterocycles. The second-order valence-corrected chi connectivity index (χ2v) is 10.0. The van der Waals surface area contributed by atoms with Crippen molar-refractivity contribution in [3.8, 4) is 17.3 Å². The fourth-order valence-electron chi connectivity index (χ4n) is 3.34. The van der Waals surface area contributed by atoms with Crippen LogP contribution in [0.15, 0.2) is 80.9 Å². The Morgan fingerprint density at radius 3 is 2.49 bits per heavy atom. The van der Waals surface area contributed by atoms with Crippen LogP contribution in [0.2, 0.25) is 0 Å². The zero-order chi connectivity index (χ0) is 24.6. The van der Waals surface area contributed by atoms with E-state index in [0.29, 0.717) is 9.99 Å². The molecule has 11 heteroatoms. The molecule has 0 N–H and O–H groups in total. The lowest BCUT2D eigenvalue weighted by Crippen LogP contribution is -2.12. The van der Waals surface area contributed by atoms with E-state index >= 15 is 0 Å². The van der Waals surface area contributed by atoms with Gasteiger partial charge in [-0.1, -0.05) is 35.0 Å². The van der Waals surface area contributed by atoms with E-state index in [1.54, 1.807) is 36.4 Å². The van der Waals surface area contributed by atoms with E-state index in [0.717, 1.165) is 11.1 Å². The summed E-state index contributed by atoms with van der Waals surface area (Å²) in [5, 5.41) is 4.52. The van der Waals surface area contributed by atoms with Crippen molar-refractivity contribution >= 4 is 37.0 Å². The minimum absolute atomic E-state index is 0.0221. The van der Waals surface area contributed by atoms with Gasteiger partial charge in [-0.25, -0.2) is 14.4 Å². The number of pyridine rings is 2. The van der Waals surface area contributed by atoms with Crippen molar-refractivity contribution in [2.45, 2.75) is 18.2 Å². The normalized spacial score (nSPS) is 11.6. The number of rotatable bonds is 6. The van der Waals surface area contributed by atoms with Crippen LogP contribution in [0, 0.1) is 12.7 Å². The Bertz CT molecular complexity index is 1640. The Balaban J connectivity index is 1.58. The second-order valence-electron chi connectivity index (χ2n) is 7.67. The van der Waals surface area contributed by atoms with E-state index in [2.05, 4.69) is 36.0 Å².